The summed E-state index contributed by atoms with van der Waals surface area (Å²) in [7, 11) is 1.47. The van der Waals surface area contributed by atoms with Gasteiger partial charge in [-0.3, -0.25) is 10.1 Å². The highest BCUT2D eigenvalue weighted by molar-refractivity contribution is 9.10. The highest BCUT2D eigenvalue weighted by atomic mass is 79.9. The van der Waals surface area contributed by atoms with Crippen LogP contribution in [0.25, 0.3) is 0 Å². The summed E-state index contributed by atoms with van der Waals surface area (Å²) in [6.07, 6.45) is 0. The Hall–Kier alpha value is -1.01. The van der Waals surface area contributed by atoms with Crippen LogP contribution in [0.3, 0.4) is 0 Å². The van der Waals surface area contributed by atoms with Crippen LogP contribution in [0.15, 0.2) is 33.6 Å². The van der Waals surface area contributed by atoms with Crippen LogP contribution in [0.4, 0.5) is 4.79 Å². The van der Waals surface area contributed by atoms with Crippen LogP contribution in [-0.4, -0.2) is 24.2 Å². The fourth-order valence-electron chi connectivity index (χ4n) is 1.05. The van der Waals surface area contributed by atoms with Gasteiger partial charge >= 0.3 is 6.03 Å². The second-order valence-corrected chi connectivity index (χ2v) is 5.61. The van der Waals surface area contributed by atoms with Gasteiger partial charge in [0.15, 0.2) is 0 Å². The van der Waals surface area contributed by atoms with Crippen LogP contribution < -0.4 is 10.6 Å². The van der Waals surface area contributed by atoms with Crippen LogP contribution in [-0.2, 0) is 4.79 Å². The lowest BCUT2D eigenvalue weighted by Gasteiger charge is -2.10. The molecule has 0 radical (unpaired) electrons. The molecule has 1 aromatic rings. The lowest BCUT2D eigenvalue weighted by molar-refractivity contribution is -0.119. The van der Waals surface area contributed by atoms with Crippen molar-refractivity contribution in [2.24, 2.45) is 0 Å². The smallest absolute Gasteiger partial charge is 0.321 e. The predicted molar refractivity (Wildman–Crippen MR) is 72.1 cm³/mol. The van der Waals surface area contributed by atoms with Crippen molar-refractivity contribution in [3.63, 3.8) is 0 Å². The number of rotatable bonds is 3. The SMILES string of the molecule is CNC(=O)NC(=O)[C@@H](C)Sc1ccc(Br)cc1. The lowest BCUT2D eigenvalue weighted by atomic mass is 10.4. The van der Waals surface area contributed by atoms with E-state index in [-0.39, 0.29) is 11.2 Å². The van der Waals surface area contributed by atoms with Gasteiger partial charge in [-0.25, -0.2) is 4.79 Å². The summed E-state index contributed by atoms with van der Waals surface area (Å²) in [5.74, 6) is -0.308. The molecule has 0 spiro atoms. The van der Waals surface area contributed by atoms with E-state index in [0.29, 0.717) is 0 Å². The highest BCUT2D eigenvalue weighted by Crippen LogP contribution is 2.24. The number of benzene rings is 1. The van der Waals surface area contributed by atoms with Gasteiger partial charge in [-0.15, -0.1) is 11.8 Å². The van der Waals surface area contributed by atoms with Gasteiger partial charge in [0.1, 0.15) is 0 Å². The molecule has 0 saturated carbocycles. The number of carbonyl (C=O) groups is 2. The minimum Gasteiger partial charge on any atom is -0.341 e. The summed E-state index contributed by atoms with van der Waals surface area (Å²) in [5, 5.41) is 4.25. The maximum atomic E-state index is 11.6. The molecule has 0 saturated heterocycles. The van der Waals surface area contributed by atoms with E-state index >= 15 is 0 Å². The van der Waals surface area contributed by atoms with Gasteiger partial charge in [0.05, 0.1) is 5.25 Å². The van der Waals surface area contributed by atoms with Crippen molar-refractivity contribution in [3.05, 3.63) is 28.7 Å². The molecule has 17 heavy (non-hydrogen) atoms. The topological polar surface area (TPSA) is 58.2 Å². The summed E-state index contributed by atoms with van der Waals surface area (Å²) in [6.45, 7) is 1.75. The molecular formula is C11H13BrN2O2S. The molecule has 3 amide bonds. The van der Waals surface area contributed by atoms with Crippen LogP contribution in [0.5, 0.6) is 0 Å². The number of thioether (sulfide) groups is 1. The third kappa shape index (κ3) is 4.79. The van der Waals surface area contributed by atoms with Crippen LogP contribution in [0.2, 0.25) is 0 Å². The zero-order chi connectivity index (χ0) is 12.8. The lowest BCUT2D eigenvalue weighted by Crippen LogP contribution is -2.41. The number of imide groups is 1. The van der Waals surface area contributed by atoms with Crippen LogP contribution in [0.1, 0.15) is 6.92 Å². The number of amides is 3. The van der Waals surface area contributed by atoms with E-state index in [0.717, 1.165) is 9.37 Å². The van der Waals surface area contributed by atoms with Crippen molar-refractivity contribution in [2.45, 2.75) is 17.1 Å². The van der Waals surface area contributed by atoms with Crippen molar-refractivity contribution in [2.75, 3.05) is 7.05 Å². The van der Waals surface area contributed by atoms with E-state index in [1.807, 2.05) is 24.3 Å². The molecule has 0 bridgehead atoms. The molecule has 1 atom stereocenters. The molecule has 2 N–H and O–H groups in total. The van der Waals surface area contributed by atoms with E-state index in [1.165, 1.54) is 18.8 Å². The van der Waals surface area contributed by atoms with Gasteiger partial charge < -0.3 is 5.32 Å². The largest absolute Gasteiger partial charge is 0.341 e. The zero-order valence-corrected chi connectivity index (χ0v) is 11.9. The average molecular weight is 317 g/mol. The van der Waals surface area contributed by atoms with Crippen molar-refractivity contribution in [1.29, 1.82) is 0 Å². The third-order valence-electron chi connectivity index (χ3n) is 1.96. The number of hydrogen-bond donors (Lipinski definition) is 2. The van der Waals surface area contributed by atoms with Crippen molar-refractivity contribution < 1.29 is 9.59 Å². The first-order valence-electron chi connectivity index (χ1n) is 4.97. The fourth-order valence-corrected chi connectivity index (χ4v) is 2.18. The number of urea groups is 1. The second kappa shape index (κ2) is 6.66. The predicted octanol–water partition coefficient (Wildman–Crippen LogP) is 2.39. The zero-order valence-electron chi connectivity index (χ0n) is 9.49. The van der Waals surface area contributed by atoms with Gasteiger partial charge in [-0.2, -0.15) is 0 Å². The Labute approximate surface area is 113 Å². The fraction of sp³-hybridized carbons (Fsp3) is 0.273. The van der Waals surface area contributed by atoms with Gasteiger partial charge in [-0.05, 0) is 31.2 Å². The Kier molecular flexibility index (Phi) is 5.50. The molecule has 0 aromatic heterocycles. The third-order valence-corrected chi connectivity index (χ3v) is 3.60. The molecule has 6 heteroatoms. The quantitative estimate of drug-likeness (QED) is 0.842. The van der Waals surface area contributed by atoms with E-state index < -0.39 is 6.03 Å². The molecule has 4 nitrogen and oxygen atoms in total. The van der Waals surface area contributed by atoms with Gasteiger partial charge in [0, 0.05) is 16.4 Å². The molecule has 1 rings (SSSR count). The summed E-state index contributed by atoms with van der Waals surface area (Å²) in [6, 6.07) is 7.16. The maximum Gasteiger partial charge on any atom is 0.321 e. The molecular weight excluding hydrogens is 304 g/mol. The number of nitrogens with one attached hydrogen (secondary N) is 2. The summed E-state index contributed by atoms with van der Waals surface area (Å²) in [4.78, 5) is 23.5. The monoisotopic (exact) mass is 316 g/mol. The number of carbonyl (C=O) groups excluding carboxylic acids is 2. The first kappa shape index (κ1) is 14.1. The Morgan fingerprint density at radius 3 is 2.41 bits per heavy atom. The Morgan fingerprint density at radius 2 is 1.88 bits per heavy atom. The second-order valence-electron chi connectivity index (χ2n) is 3.28. The maximum absolute atomic E-state index is 11.6. The first-order valence-corrected chi connectivity index (χ1v) is 6.65. The standard InChI is InChI=1S/C11H13BrN2O2S/c1-7(10(15)14-11(16)13-2)17-9-5-3-8(12)4-6-9/h3-7H,1-2H3,(H2,13,14,15,16)/t7-/m1/s1. The highest BCUT2D eigenvalue weighted by Gasteiger charge is 2.16. The molecule has 0 aliphatic rings. The summed E-state index contributed by atoms with van der Waals surface area (Å²) in [5.41, 5.74) is 0. The number of halogens is 1. The average Bonchev–Trinajstić information content (AvgIpc) is 2.31. The molecule has 0 fully saturated rings. The Bertz CT molecular complexity index is 408. The molecule has 92 valence electrons. The first-order chi connectivity index (χ1) is 8.02. The normalized spacial score (nSPS) is 11.7. The molecule has 0 aliphatic carbocycles. The van der Waals surface area contributed by atoms with Crippen LogP contribution >= 0.6 is 27.7 Å². The molecule has 0 unspecified atom stereocenters. The van der Waals surface area contributed by atoms with E-state index in [4.69, 9.17) is 0 Å². The van der Waals surface area contributed by atoms with Gasteiger partial charge in [0.25, 0.3) is 0 Å². The minimum absolute atomic E-state index is 0.308. The minimum atomic E-state index is -0.488. The van der Waals surface area contributed by atoms with E-state index in [9.17, 15) is 9.59 Å². The summed E-state index contributed by atoms with van der Waals surface area (Å²) >= 11 is 4.74. The van der Waals surface area contributed by atoms with Crippen molar-refractivity contribution in [1.82, 2.24) is 10.6 Å². The van der Waals surface area contributed by atoms with Crippen molar-refractivity contribution in [3.8, 4) is 0 Å². The Morgan fingerprint density at radius 1 is 1.29 bits per heavy atom. The Balaban J connectivity index is 2.54. The van der Waals surface area contributed by atoms with Gasteiger partial charge in [0.2, 0.25) is 5.91 Å². The van der Waals surface area contributed by atoms with E-state index in [2.05, 4.69) is 26.6 Å². The van der Waals surface area contributed by atoms with E-state index in [1.54, 1.807) is 6.92 Å². The molecule has 0 aliphatic heterocycles. The van der Waals surface area contributed by atoms with Crippen molar-refractivity contribution >= 4 is 39.6 Å². The molecule has 1 aromatic carbocycles. The summed E-state index contributed by atoms with van der Waals surface area (Å²) < 4.78 is 0.990. The van der Waals surface area contributed by atoms with Gasteiger partial charge in [-0.1, -0.05) is 15.9 Å². The van der Waals surface area contributed by atoms with Crippen LogP contribution in [0, 0.1) is 0 Å². The number of hydrogen-bond acceptors (Lipinski definition) is 3. The molecule has 0 heterocycles.